The predicted molar refractivity (Wildman–Crippen MR) is 115 cm³/mol. The molecule has 156 valence electrons. The molecular formula is C22H24N4O4. The zero-order valence-corrected chi connectivity index (χ0v) is 17.2. The molecule has 8 heteroatoms. The van der Waals surface area contributed by atoms with Gasteiger partial charge in [-0.25, -0.2) is 4.98 Å². The molecule has 0 atom stereocenters. The van der Waals surface area contributed by atoms with Crippen molar-refractivity contribution in [1.82, 2.24) is 14.9 Å². The van der Waals surface area contributed by atoms with E-state index in [0.717, 1.165) is 0 Å². The molecule has 0 aliphatic carbocycles. The quantitative estimate of drug-likeness (QED) is 0.625. The Hall–Kier alpha value is -3.68. The predicted octanol–water partition coefficient (Wildman–Crippen LogP) is 2.49. The van der Waals surface area contributed by atoms with Crippen LogP contribution >= 0.6 is 0 Å². The Balaban J connectivity index is 1.73. The van der Waals surface area contributed by atoms with Gasteiger partial charge in [-0.05, 0) is 63.2 Å². The first-order valence-corrected chi connectivity index (χ1v) is 9.75. The third-order valence-electron chi connectivity index (χ3n) is 4.54. The summed E-state index contributed by atoms with van der Waals surface area (Å²) in [5, 5.41) is 5.47. The van der Waals surface area contributed by atoms with Gasteiger partial charge in [-0.1, -0.05) is 0 Å². The van der Waals surface area contributed by atoms with Crippen LogP contribution in [0, 0.1) is 6.92 Å². The molecule has 30 heavy (non-hydrogen) atoms. The Bertz CT molecular complexity index is 1140. The zero-order valence-electron chi connectivity index (χ0n) is 17.2. The van der Waals surface area contributed by atoms with Crippen molar-refractivity contribution in [3.05, 3.63) is 64.1 Å². The standard InChI is InChI=1S/C22H24N4O4/c1-4-23-20(27)13-30-17-9-7-16(8-10-17)25-21(28)15-6-11-19-18(12-15)24-14(3)22(29)26(19)5-2/h6-12H,4-5,13H2,1-3H3,(H,23,27)(H,25,28). The van der Waals surface area contributed by atoms with E-state index in [0.29, 0.717) is 46.8 Å². The van der Waals surface area contributed by atoms with Crippen molar-refractivity contribution >= 4 is 28.5 Å². The first kappa shape index (κ1) is 21.0. The van der Waals surface area contributed by atoms with Gasteiger partial charge in [0.25, 0.3) is 17.4 Å². The first-order valence-electron chi connectivity index (χ1n) is 9.75. The maximum absolute atomic E-state index is 12.6. The maximum atomic E-state index is 12.6. The number of likely N-dealkylation sites (N-methyl/N-ethyl adjacent to an activating group) is 1. The van der Waals surface area contributed by atoms with Gasteiger partial charge in [0.1, 0.15) is 11.4 Å². The van der Waals surface area contributed by atoms with Crippen LogP contribution in [0.4, 0.5) is 5.69 Å². The molecule has 0 aliphatic rings. The minimum absolute atomic E-state index is 0.0636. The number of fused-ring (bicyclic) bond motifs is 1. The fraction of sp³-hybridized carbons (Fsp3) is 0.273. The molecule has 2 N–H and O–H groups in total. The number of anilines is 1. The van der Waals surface area contributed by atoms with Crippen molar-refractivity contribution in [2.75, 3.05) is 18.5 Å². The molecule has 3 rings (SSSR count). The van der Waals surface area contributed by atoms with Crippen LogP contribution in [0.15, 0.2) is 47.3 Å². The van der Waals surface area contributed by atoms with Crippen molar-refractivity contribution in [3.63, 3.8) is 0 Å². The topological polar surface area (TPSA) is 102 Å². The van der Waals surface area contributed by atoms with Crippen LogP contribution in [0.25, 0.3) is 11.0 Å². The lowest BCUT2D eigenvalue weighted by molar-refractivity contribution is -0.122. The van der Waals surface area contributed by atoms with Gasteiger partial charge in [-0.2, -0.15) is 0 Å². The average molecular weight is 408 g/mol. The third kappa shape index (κ3) is 4.65. The summed E-state index contributed by atoms with van der Waals surface area (Å²) in [4.78, 5) is 40.6. The van der Waals surface area contributed by atoms with E-state index in [1.807, 2.05) is 13.8 Å². The number of rotatable bonds is 7. The van der Waals surface area contributed by atoms with E-state index in [1.54, 1.807) is 54.0 Å². The summed E-state index contributed by atoms with van der Waals surface area (Å²) in [6.07, 6.45) is 0. The number of benzene rings is 2. The van der Waals surface area contributed by atoms with Gasteiger partial charge >= 0.3 is 0 Å². The molecule has 1 aromatic heterocycles. The highest BCUT2D eigenvalue weighted by Gasteiger charge is 2.12. The first-order chi connectivity index (χ1) is 14.4. The molecule has 8 nitrogen and oxygen atoms in total. The number of ether oxygens (including phenoxy) is 1. The maximum Gasteiger partial charge on any atom is 0.272 e. The Morgan fingerprint density at radius 1 is 1.10 bits per heavy atom. The number of aromatic nitrogens is 2. The second-order valence-corrected chi connectivity index (χ2v) is 6.67. The fourth-order valence-electron chi connectivity index (χ4n) is 3.06. The molecule has 0 saturated heterocycles. The molecule has 0 fully saturated rings. The molecule has 0 radical (unpaired) electrons. The lowest BCUT2D eigenvalue weighted by atomic mass is 10.1. The highest BCUT2D eigenvalue weighted by Crippen LogP contribution is 2.18. The van der Waals surface area contributed by atoms with Gasteiger partial charge < -0.3 is 19.9 Å². The highest BCUT2D eigenvalue weighted by molar-refractivity contribution is 6.05. The van der Waals surface area contributed by atoms with Gasteiger partial charge in [-0.3, -0.25) is 14.4 Å². The highest BCUT2D eigenvalue weighted by atomic mass is 16.5. The number of hydrogen-bond acceptors (Lipinski definition) is 5. The van der Waals surface area contributed by atoms with Crippen molar-refractivity contribution in [3.8, 4) is 5.75 Å². The monoisotopic (exact) mass is 408 g/mol. The Morgan fingerprint density at radius 3 is 2.50 bits per heavy atom. The van der Waals surface area contributed by atoms with Gasteiger partial charge in [0.15, 0.2) is 6.61 Å². The van der Waals surface area contributed by atoms with Crippen LogP contribution in [-0.2, 0) is 11.3 Å². The van der Waals surface area contributed by atoms with Crippen molar-refractivity contribution in [2.24, 2.45) is 0 Å². The fourth-order valence-corrected chi connectivity index (χ4v) is 3.06. The number of hydrogen-bond donors (Lipinski definition) is 2. The van der Waals surface area contributed by atoms with Gasteiger partial charge in [0.05, 0.1) is 11.0 Å². The Kier molecular flexibility index (Phi) is 6.46. The van der Waals surface area contributed by atoms with E-state index in [-0.39, 0.29) is 24.0 Å². The molecular weight excluding hydrogens is 384 g/mol. The van der Waals surface area contributed by atoms with Crippen molar-refractivity contribution in [1.29, 1.82) is 0 Å². The molecule has 2 aromatic carbocycles. The number of carbonyl (C=O) groups excluding carboxylic acids is 2. The largest absolute Gasteiger partial charge is 0.484 e. The van der Waals surface area contributed by atoms with Crippen LogP contribution in [0.1, 0.15) is 29.9 Å². The lowest BCUT2D eigenvalue weighted by Gasteiger charge is -2.11. The molecule has 0 unspecified atom stereocenters. The minimum Gasteiger partial charge on any atom is -0.484 e. The molecule has 2 amide bonds. The summed E-state index contributed by atoms with van der Waals surface area (Å²) in [7, 11) is 0. The van der Waals surface area contributed by atoms with E-state index in [4.69, 9.17) is 4.74 Å². The second kappa shape index (κ2) is 9.21. The lowest BCUT2D eigenvalue weighted by Crippen LogP contribution is -2.28. The average Bonchev–Trinajstić information content (AvgIpc) is 2.74. The van der Waals surface area contributed by atoms with E-state index in [1.165, 1.54) is 0 Å². The van der Waals surface area contributed by atoms with E-state index < -0.39 is 0 Å². The molecule has 0 spiro atoms. The van der Waals surface area contributed by atoms with E-state index >= 15 is 0 Å². The summed E-state index contributed by atoms with van der Waals surface area (Å²) in [5.74, 6) is 0.0484. The molecule has 0 saturated carbocycles. The summed E-state index contributed by atoms with van der Waals surface area (Å²) >= 11 is 0. The number of carbonyl (C=O) groups is 2. The van der Waals surface area contributed by atoms with Gasteiger partial charge in [0.2, 0.25) is 0 Å². The summed E-state index contributed by atoms with van der Waals surface area (Å²) in [5.41, 5.74) is 2.58. The number of amides is 2. The Morgan fingerprint density at radius 2 is 1.83 bits per heavy atom. The normalized spacial score (nSPS) is 10.6. The molecule has 3 aromatic rings. The number of aryl methyl sites for hydroxylation is 2. The van der Waals surface area contributed by atoms with Crippen LogP contribution in [0.2, 0.25) is 0 Å². The summed E-state index contributed by atoms with van der Waals surface area (Å²) in [6.45, 7) is 6.41. The smallest absolute Gasteiger partial charge is 0.272 e. The van der Waals surface area contributed by atoms with Crippen molar-refractivity contribution in [2.45, 2.75) is 27.3 Å². The van der Waals surface area contributed by atoms with Gasteiger partial charge in [0, 0.05) is 24.3 Å². The summed E-state index contributed by atoms with van der Waals surface area (Å²) < 4.78 is 7.03. The van der Waals surface area contributed by atoms with Gasteiger partial charge in [-0.15, -0.1) is 0 Å². The number of nitrogens with one attached hydrogen (secondary N) is 2. The SMILES string of the molecule is CCNC(=O)COc1ccc(NC(=O)c2ccc3c(c2)nc(C)c(=O)n3CC)cc1. The molecule has 1 heterocycles. The van der Waals surface area contributed by atoms with Crippen LogP contribution < -0.4 is 20.9 Å². The zero-order chi connectivity index (χ0) is 21.7. The van der Waals surface area contributed by atoms with E-state index in [2.05, 4.69) is 15.6 Å². The van der Waals surface area contributed by atoms with Crippen LogP contribution in [0.5, 0.6) is 5.75 Å². The minimum atomic E-state index is -0.290. The summed E-state index contributed by atoms with van der Waals surface area (Å²) in [6, 6.07) is 11.8. The number of nitrogens with zero attached hydrogens (tertiary/aromatic N) is 2. The second-order valence-electron chi connectivity index (χ2n) is 6.67. The van der Waals surface area contributed by atoms with Crippen LogP contribution in [0.3, 0.4) is 0 Å². The molecule has 0 bridgehead atoms. The van der Waals surface area contributed by atoms with E-state index in [9.17, 15) is 14.4 Å². The van der Waals surface area contributed by atoms with Crippen molar-refractivity contribution < 1.29 is 14.3 Å². The van der Waals surface area contributed by atoms with Crippen LogP contribution in [-0.4, -0.2) is 34.5 Å². The third-order valence-corrected chi connectivity index (χ3v) is 4.54. The Labute approximate surface area is 173 Å². The molecule has 0 aliphatic heterocycles.